The molecular formula is C21H28N2O3. The van der Waals surface area contributed by atoms with Crippen molar-refractivity contribution in [3.05, 3.63) is 42.2 Å². The van der Waals surface area contributed by atoms with Crippen LogP contribution in [0, 0.1) is 11.3 Å². The van der Waals surface area contributed by atoms with E-state index in [0.29, 0.717) is 19.1 Å². The van der Waals surface area contributed by atoms with Gasteiger partial charge in [0.25, 0.3) is 0 Å². The van der Waals surface area contributed by atoms with Crippen LogP contribution in [0.25, 0.3) is 0 Å². The summed E-state index contributed by atoms with van der Waals surface area (Å²) in [5, 5.41) is 0. The minimum absolute atomic E-state index is 0.179. The Kier molecular flexibility index (Phi) is 5.36. The number of aromatic nitrogens is 1. The van der Waals surface area contributed by atoms with Crippen LogP contribution in [-0.2, 0) is 20.9 Å². The van der Waals surface area contributed by atoms with Crippen molar-refractivity contribution in [2.75, 3.05) is 26.3 Å². The van der Waals surface area contributed by atoms with Gasteiger partial charge in [-0.05, 0) is 55.2 Å². The fraction of sp³-hybridized carbons (Fsp3) is 0.619. The van der Waals surface area contributed by atoms with Crippen molar-refractivity contribution < 1.29 is 14.3 Å². The Morgan fingerprint density at radius 2 is 1.96 bits per heavy atom. The maximum Gasteiger partial charge on any atom is 0.226 e. The van der Waals surface area contributed by atoms with E-state index in [-0.39, 0.29) is 17.4 Å². The third kappa shape index (κ3) is 3.99. The molecule has 5 heteroatoms. The van der Waals surface area contributed by atoms with Crippen molar-refractivity contribution in [1.29, 1.82) is 0 Å². The number of amides is 1. The zero-order valence-electron chi connectivity index (χ0n) is 15.3. The molecule has 1 aliphatic carbocycles. The Morgan fingerprint density at radius 3 is 2.69 bits per heavy atom. The molecule has 2 saturated heterocycles. The summed E-state index contributed by atoms with van der Waals surface area (Å²) in [4.78, 5) is 18.7. The van der Waals surface area contributed by atoms with Gasteiger partial charge in [-0.2, -0.15) is 0 Å². The minimum atomic E-state index is 0.179. The van der Waals surface area contributed by atoms with Gasteiger partial charge in [0.05, 0.1) is 25.9 Å². The molecule has 1 aromatic rings. The number of allylic oxidation sites excluding steroid dienone is 2. The van der Waals surface area contributed by atoms with Crippen molar-refractivity contribution >= 4 is 5.91 Å². The van der Waals surface area contributed by atoms with E-state index in [4.69, 9.17) is 9.47 Å². The molecule has 0 saturated carbocycles. The van der Waals surface area contributed by atoms with Crippen molar-refractivity contribution in [3.8, 4) is 0 Å². The molecular weight excluding hydrogens is 328 g/mol. The average Bonchev–Trinajstić information content (AvgIpc) is 3.34. The molecule has 0 N–H and O–H groups in total. The number of carbonyl (C=O) groups is 1. The van der Waals surface area contributed by atoms with Crippen LogP contribution in [0.3, 0.4) is 0 Å². The van der Waals surface area contributed by atoms with E-state index in [0.717, 1.165) is 57.4 Å². The van der Waals surface area contributed by atoms with Crippen LogP contribution in [0.2, 0.25) is 0 Å². The van der Waals surface area contributed by atoms with E-state index in [9.17, 15) is 4.79 Å². The first kappa shape index (κ1) is 17.7. The fourth-order valence-corrected chi connectivity index (χ4v) is 4.42. The van der Waals surface area contributed by atoms with E-state index in [1.807, 2.05) is 12.1 Å². The molecule has 140 valence electrons. The predicted octanol–water partition coefficient (Wildman–Crippen LogP) is 2.96. The molecule has 4 rings (SSSR count). The second kappa shape index (κ2) is 7.89. The number of nitrogens with zero attached hydrogens (tertiary/aromatic N) is 2. The van der Waals surface area contributed by atoms with E-state index in [2.05, 4.69) is 22.0 Å². The van der Waals surface area contributed by atoms with Crippen molar-refractivity contribution in [2.24, 2.45) is 11.3 Å². The molecule has 0 radical (unpaired) electrons. The summed E-state index contributed by atoms with van der Waals surface area (Å²) in [5.74, 6) is 0.541. The number of likely N-dealkylation sites (tertiary alicyclic amines) is 1. The number of hydrogen-bond donors (Lipinski definition) is 0. The lowest BCUT2D eigenvalue weighted by atomic mass is 9.76. The molecule has 0 aromatic carbocycles. The molecule has 3 heterocycles. The standard InChI is InChI=1S/C21H28N2O3/c24-20(18-3-1-2-4-18)23-11-7-21(8-12-23)13-19(26-16-21)15-25-14-17-5-9-22-10-6-17/h1-2,5-6,9-10,18-19H,3-4,7-8,11-16H2. The van der Waals surface area contributed by atoms with Crippen molar-refractivity contribution in [1.82, 2.24) is 9.88 Å². The summed E-state index contributed by atoms with van der Waals surface area (Å²) < 4.78 is 11.9. The average molecular weight is 356 g/mol. The van der Waals surface area contributed by atoms with Gasteiger partial charge in [0.2, 0.25) is 5.91 Å². The van der Waals surface area contributed by atoms with E-state index >= 15 is 0 Å². The third-order valence-corrected chi connectivity index (χ3v) is 6.10. The highest BCUT2D eigenvalue weighted by Gasteiger charge is 2.43. The molecule has 3 aliphatic rings. The molecule has 1 spiro atoms. The van der Waals surface area contributed by atoms with Crippen LogP contribution < -0.4 is 0 Å². The second-order valence-electron chi connectivity index (χ2n) is 7.97. The highest BCUT2D eigenvalue weighted by Crippen LogP contribution is 2.42. The number of hydrogen-bond acceptors (Lipinski definition) is 4. The molecule has 1 unspecified atom stereocenters. The van der Waals surface area contributed by atoms with Gasteiger partial charge in [-0.15, -0.1) is 0 Å². The lowest BCUT2D eigenvalue weighted by Crippen LogP contribution is -2.45. The van der Waals surface area contributed by atoms with Crippen LogP contribution in [0.1, 0.15) is 37.7 Å². The first-order chi connectivity index (χ1) is 12.7. The number of ether oxygens (including phenoxy) is 2. The van der Waals surface area contributed by atoms with Crippen LogP contribution in [0.4, 0.5) is 0 Å². The third-order valence-electron chi connectivity index (χ3n) is 6.10. The first-order valence-corrected chi connectivity index (χ1v) is 9.76. The monoisotopic (exact) mass is 356 g/mol. The van der Waals surface area contributed by atoms with E-state index in [1.54, 1.807) is 12.4 Å². The summed E-state index contributed by atoms with van der Waals surface area (Å²) in [6.07, 6.45) is 13.0. The predicted molar refractivity (Wildman–Crippen MR) is 98.4 cm³/mol. The molecule has 2 aliphatic heterocycles. The van der Waals surface area contributed by atoms with Gasteiger partial charge in [0.1, 0.15) is 0 Å². The maximum absolute atomic E-state index is 12.6. The number of carbonyl (C=O) groups excluding carboxylic acids is 1. The fourth-order valence-electron chi connectivity index (χ4n) is 4.42. The Bertz CT molecular complexity index is 630. The second-order valence-corrected chi connectivity index (χ2v) is 7.97. The quantitative estimate of drug-likeness (QED) is 0.761. The molecule has 0 bridgehead atoms. The summed E-state index contributed by atoms with van der Waals surface area (Å²) >= 11 is 0. The largest absolute Gasteiger partial charge is 0.375 e. The van der Waals surface area contributed by atoms with Gasteiger partial charge in [-0.1, -0.05) is 12.2 Å². The van der Waals surface area contributed by atoms with Crippen molar-refractivity contribution in [2.45, 2.75) is 44.8 Å². The maximum atomic E-state index is 12.6. The molecule has 1 amide bonds. The highest BCUT2D eigenvalue weighted by atomic mass is 16.5. The summed E-state index contributed by atoms with van der Waals surface area (Å²) in [6.45, 7) is 3.81. The number of piperidine rings is 1. The van der Waals surface area contributed by atoms with Crippen LogP contribution >= 0.6 is 0 Å². The minimum Gasteiger partial charge on any atom is -0.375 e. The molecule has 26 heavy (non-hydrogen) atoms. The molecule has 1 aromatic heterocycles. The van der Waals surface area contributed by atoms with Gasteiger partial charge in [0, 0.05) is 31.4 Å². The Morgan fingerprint density at radius 1 is 1.23 bits per heavy atom. The lowest BCUT2D eigenvalue weighted by molar-refractivity contribution is -0.137. The summed E-state index contributed by atoms with van der Waals surface area (Å²) in [5.41, 5.74) is 1.39. The Balaban J connectivity index is 1.21. The lowest BCUT2D eigenvalue weighted by Gasteiger charge is -2.39. The normalized spacial score (nSPS) is 25.2. The van der Waals surface area contributed by atoms with Crippen molar-refractivity contribution in [3.63, 3.8) is 0 Å². The first-order valence-electron chi connectivity index (χ1n) is 9.76. The zero-order valence-corrected chi connectivity index (χ0v) is 15.3. The van der Waals surface area contributed by atoms with Gasteiger partial charge in [-0.25, -0.2) is 0 Å². The van der Waals surface area contributed by atoms with Gasteiger partial charge < -0.3 is 14.4 Å². The number of pyridine rings is 1. The number of rotatable bonds is 5. The topological polar surface area (TPSA) is 51.7 Å². The van der Waals surface area contributed by atoms with Crippen LogP contribution in [0.15, 0.2) is 36.7 Å². The van der Waals surface area contributed by atoms with E-state index < -0.39 is 0 Å². The molecule has 5 nitrogen and oxygen atoms in total. The summed E-state index contributed by atoms with van der Waals surface area (Å²) in [7, 11) is 0. The Labute approximate surface area is 155 Å². The van der Waals surface area contributed by atoms with Gasteiger partial charge >= 0.3 is 0 Å². The van der Waals surface area contributed by atoms with E-state index in [1.165, 1.54) is 0 Å². The molecule has 2 fully saturated rings. The zero-order chi connectivity index (χ0) is 17.8. The summed E-state index contributed by atoms with van der Waals surface area (Å²) in [6, 6.07) is 3.95. The highest BCUT2D eigenvalue weighted by molar-refractivity contribution is 5.79. The Hall–Kier alpha value is -1.72. The molecule has 1 atom stereocenters. The van der Waals surface area contributed by atoms with Crippen LogP contribution in [-0.4, -0.2) is 48.2 Å². The van der Waals surface area contributed by atoms with Gasteiger partial charge in [0.15, 0.2) is 0 Å². The van der Waals surface area contributed by atoms with Gasteiger partial charge in [-0.3, -0.25) is 9.78 Å². The smallest absolute Gasteiger partial charge is 0.226 e. The SMILES string of the molecule is O=C(C1CC=CC1)N1CCC2(CC1)COC(COCc1ccncc1)C2. The van der Waals surface area contributed by atoms with Crippen LogP contribution in [0.5, 0.6) is 0 Å².